The smallest absolute Gasteiger partial charge is 0.416 e. The van der Waals surface area contributed by atoms with Crippen molar-refractivity contribution in [2.24, 2.45) is 0 Å². The van der Waals surface area contributed by atoms with Crippen LogP contribution in [0.1, 0.15) is 18.9 Å². The fraction of sp³-hybridized carbons (Fsp3) is 0.294. The van der Waals surface area contributed by atoms with Crippen LogP contribution in [0.4, 0.5) is 18.9 Å². The third-order valence-corrected chi connectivity index (χ3v) is 4.53. The minimum atomic E-state index is -4.58. The Labute approximate surface area is 166 Å². The Morgan fingerprint density at radius 2 is 2.07 bits per heavy atom. The van der Waals surface area contributed by atoms with Crippen molar-refractivity contribution >= 4 is 22.9 Å². The van der Waals surface area contributed by atoms with Crippen LogP contribution in [0.15, 0.2) is 40.5 Å². The van der Waals surface area contributed by atoms with Crippen molar-refractivity contribution in [1.29, 1.82) is 0 Å². The molecule has 0 spiro atoms. The number of hydrogen-bond donors (Lipinski definition) is 1. The fourth-order valence-corrected chi connectivity index (χ4v) is 3.04. The molecule has 3 rings (SSSR count). The van der Waals surface area contributed by atoms with Gasteiger partial charge in [-0.15, -0.1) is 11.3 Å². The van der Waals surface area contributed by atoms with E-state index in [2.05, 4.69) is 15.7 Å². The van der Waals surface area contributed by atoms with Crippen molar-refractivity contribution < 1.29 is 22.7 Å². The molecule has 1 N–H and O–H groups in total. The first kappa shape index (κ1) is 20.6. The Hall–Kier alpha value is -3.15. The second kappa shape index (κ2) is 8.47. The van der Waals surface area contributed by atoms with Gasteiger partial charge in [0.15, 0.2) is 0 Å². The number of carbonyl (C=O) groups is 1. The van der Waals surface area contributed by atoms with Crippen LogP contribution in [0.25, 0.3) is 5.00 Å². The maximum Gasteiger partial charge on any atom is 0.416 e. The summed E-state index contributed by atoms with van der Waals surface area (Å²) < 4.78 is 46.3. The number of ether oxygens (including phenoxy) is 1. The third kappa shape index (κ3) is 4.83. The molecule has 29 heavy (non-hydrogen) atoms. The van der Waals surface area contributed by atoms with Gasteiger partial charge in [0.05, 0.1) is 17.9 Å². The lowest BCUT2D eigenvalue weighted by Crippen LogP contribution is -2.29. The Bertz CT molecular complexity index is 1040. The molecule has 3 aromatic rings. The highest BCUT2D eigenvalue weighted by Gasteiger charge is 2.31. The molecule has 0 aliphatic carbocycles. The highest BCUT2D eigenvalue weighted by atomic mass is 32.1. The zero-order valence-corrected chi connectivity index (χ0v) is 16.0. The van der Waals surface area contributed by atoms with Gasteiger partial charge in [0.25, 0.3) is 0 Å². The summed E-state index contributed by atoms with van der Waals surface area (Å²) in [6.07, 6.45) is -3.95. The highest BCUT2D eigenvalue weighted by molar-refractivity contribution is 7.12. The van der Waals surface area contributed by atoms with E-state index in [0.717, 1.165) is 27.6 Å². The molecule has 0 aliphatic rings. The molecule has 154 valence electrons. The molecule has 0 unspecified atom stereocenters. The number of halogens is 3. The summed E-state index contributed by atoms with van der Waals surface area (Å²) in [5, 5.41) is 12.0. The molecule has 1 aromatic carbocycles. The number of nitrogens with zero attached hydrogens (tertiary/aromatic N) is 4. The molecule has 0 bridgehead atoms. The Morgan fingerprint density at radius 1 is 1.28 bits per heavy atom. The second-order valence-electron chi connectivity index (χ2n) is 5.89. The van der Waals surface area contributed by atoms with Crippen LogP contribution in [0.3, 0.4) is 0 Å². The quantitative estimate of drug-likeness (QED) is 0.626. The van der Waals surface area contributed by atoms with E-state index in [0.29, 0.717) is 11.4 Å². The molecule has 0 saturated heterocycles. The average molecular weight is 427 g/mol. The van der Waals surface area contributed by atoms with Gasteiger partial charge in [-0.25, -0.2) is 4.79 Å². The van der Waals surface area contributed by atoms with Gasteiger partial charge in [0.2, 0.25) is 5.91 Å². The lowest BCUT2D eigenvalue weighted by molar-refractivity contribution is -0.137. The van der Waals surface area contributed by atoms with Crippen molar-refractivity contribution in [1.82, 2.24) is 19.8 Å². The van der Waals surface area contributed by atoms with Crippen molar-refractivity contribution in [3.63, 3.8) is 0 Å². The van der Waals surface area contributed by atoms with Gasteiger partial charge < -0.3 is 10.1 Å². The van der Waals surface area contributed by atoms with Crippen molar-refractivity contribution in [2.75, 3.05) is 11.9 Å². The Morgan fingerprint density at radius 3 is 2.72 bits per heavy atom. The first-order chi connectivity index (χ1) is 13.8. The summed E-state index contributed by atoms with van der Waals surface area (Å²) in [6, 6.07) is 6.19. The first-order valence-electron chi connectivity index (χ1n) is 8.50. The van der Waals surface area contributed by atoms with E-state index in [1.54, 1.807) is 17.5 Å². The monoisotopic (exact) mass is 427 g/mol. The zero-order chi connectivity index (χ0) is 21.0. The molecule has 0 atom stereocenters. The zero-order valence-electron chi connectivity index (χ0n) is 15.1. The van der Waals surface area contributed by atoms with Crippen LogP contribution >= 0.6 is 11.3 Å². The number of amides is 1. The van der Waals surface area contributed by atoms with Gasteiger partial charge in [0.1, 0.15) is 17.3 Å². The first-order valence-corrected chi connectivity index (χ1v) is 9.38. The normalized spacial score (nSPS) is 11.4. The van der Waals surface area contributed by atoms with Crippen LogP contribution in [0.5, 0.6) is 5.75 Å². The van der Waals surface area contributed by atoms with Gasteiger partial charge in [0, 0.05) is 0 Å². The number of benzene rings is 1. The molecule has 2 heterocycles. The maximum absolute atomic E-state index is 13.0. The van der Waals surface area contributed by atoms with E-state index >= 15 is 0 Å². The standard InChI is InChI=1S/C17H16F3N5O3S/c1-2-7-28-13-6-5-11(17(18,19)20)9-12(13)21-14(26)10-24-16(27)25(23-22-24)15-4-3-8-29-15/h3-6,8-9H,2,7,10H2,1H3,(H,21,26). The summed E-state index contributed by atoms with van der Waals surface area (Å²) in [5.74, 6) is -0.645. The van der Waals surface area contributed by atoms with Gasteiger partial charge in [-0.3, -0.25) is 4.79 Å². The van der Waals surface area contributed by atoms with Crippen LogP contribution in [0, 0.1) is 0 Å². The number of tetrazole rings is 1. The summed E-state index contributed by atoms with van der Waals surface area (Å²) >= 11 is 1.26. The van der Waals surface area contributed by atoms with E-state index < -0.39 is 29.9 Å². The molecule has 2 aromatic heterocycles. The van der Waals surface area contributed by atoms with Crippen LogP contribution in [-0.2, 0) is 17.5 Å². The van der Waals surface area contributed by atoms with E-state index in [9.17, 15) is 22.8 Å². The molecule has 0 aliphatic heterocycles. The highest BCUT2D eigenvalue weighted by Crippen LogP contribution is 2.35. The van der Waals surface area contributed by atoms with Crippen LogP contribution < -0.4 is 15.7 Å². The number of carbonyl (C=O) groups excluding carboxylic acids is 1. The minimum Gasteiger partial charge on any atom is -0.491 e. The molecule has 0 radical (unpaired) electrons. The van der Waals surface area contributed by atoms with Crippen molar-refractivity contribution in [3.05, 3.63) is 51.8 Å². The van der Waals surface area contributed by atoms with E-state index in [4.69, 9.17) is 4.74 Å². The fourth-order valence-electron chi connectivity index (χ4n) is 2.37. The number of alkyl halides is 3. The largest absolute Gasteiger partial charge is 0.491 e. The Balaban J connectivity index is 1.80. The summed E-state index contributed by atoms with van der Waals surface area (Å²) in [4.78, 5) is 24.6. The van der Waals surface area contributed by atoms with Gasteiger partial charge in [-0.05, 0) is 52.6 Å². The maximum atomic E-state index is 13.0. The van der Waals surface area contributed by atoms with E-state index in [-0.39, 0.29) is 18.0 Å². The predicted molar refractivity (Wildman–Crippen MR) is 99.4 cm³/mol. The molecular weight excluding hydrogens is 411 g/mol. The van der Waals surface area contributed by atoms with E-state index in [1.807, 2.05) is 6.92 Å². The number of hydrogen-bond acceptors (Lipinski definition) is 6. The lowest BCUT2D eigenvalue weighted by Gasteiger charge is -2.15. The number of thiophene rings is 1. The summed E-state index contributed by atoms with van der Waals surface area (Å²) in [6.45, 7) is 1.59. The topological polar surface area (TPSA) is 91.0 Å². The number of anilines is 1. The predicted octanol–water partition coefficient (Wildman–Crippen LogP) is 2.94. The van der Waals surface area contributed by atoms with Gasteiger partial charge in [-0.1, -0.05) is 6.92 Å². The van der Waals surface area contributed by atoms with Gasteiger partial charge in [-0.2, -0.15) is 22.5 Å². The summed E-state index contributed by atoms with van der Waals surface area (Å²) in [7, 11) is 0. The SMILES string of the molecule is CCCOc1ccc(C(F)(F)F)cc1NC(=O)Cn1nnn(-c2cccs2)c1=O. The molecule has 0 saturated carbocycles. The third-order valence-electron chi connectivity index (χ3n) is 3.69. The second-order valence-corrected chi connectivity index (χ2v) is 6.81. The number of rotatable bonds is 7. The minimum absolute atomic E-state index is 0.0998. The van der Waals surface area contributed by atoms with Crippen molar-refractivity contribution in [3.8, 4) is 10.8 Å². The molecule has 8 nitrogen and oxygen atoms in total. The molecular formula is C17H16F3N5O3S. The average Bonchev–Trinajstić information content (AvgIpc) is 3.30. The van der Waals surface area contributed by atoms with Crippen LogP contribution in [-0.4, -0.2) is 32.3 Å². The molecule has 0 fully saturated rings. The molecule has 1 amide bonds. The lowest BCUT2D eigenvalue weighted by atomic mass is 10.1. The number of nitrogens with one attached hydrogen (secondary N) is 1. The molecule has 12 heteroatoms. The van der Waals surface area contributed by atoms with E-state index in [1.165, 1.54) is 11.3 Å². The van der Waals surface area contributed by atoms with Crippen LogP contribution in [0.2, 0.25) is 0 Å². The van der Waals surface area contributed by atoms with Crippen molar-refractivity contribution in [2.45, 2.75) is 26.1 Å². The number of aromatic nitrogens is 4. The van der Waals surface area contributed by atoms with Gasteiger partial charge >= 0.3 is 11.9 Å². The summed E-state index contributed by atoms with van der Waals surface area (Å²) in [5.41, 5.74) is -1.72. The Kier molecular flexibility index (Phi) is 6.01.